The maximum atomic E-state index is 12.9. The Hall–Kier alpha value is -2.83. The summed E-state index contributed by atoms with van der Waals surface area (Å²) in [5.41, 5.74) is 2.48. The molecule has 2 aromatic rings. The molecule has 7 heteroatoms. The molecule has 0 atom stereocenters. The Morgan fingerprint density at radius 1 is 1.08 bits per heavy atom. The number of hydrogen-bond donors (Lipinski definition) is 1. The van der Waals surface area contributed by atoms with E-state index in [1.165, 1.54) is 18.3 Å². The van der Waals surface area contributed by atoms with E-state index in [0.29, 0.717) is 0 Å². The van der Waals surface area contributed by atoms with Crippen LogP contribution in [-0.4, -0.2) is 25.2 Å². The van der Waals surface area contributed by atoms with Gasteiger partial charge in [0, 0.05) is 18.8 Å². The van der Waals surface area contributed by atoms with Crippen LogP contribution in [0.5, 0.6) is 0 Å². The van der Waals surface area contributed by atoms with Gasteiger partial charge in [-0.1, -0.05) is 24.3 Å². The highest BCUT2D eigenvalue weighted by atomic mass is 19.4. The van der Waals surface area contributed by atoms with Crippen LogP contribution in [0.15, 0.2) is 53.6 Å². The number of nitrogens with zero attached hydrogens (tertiary/aromatic N) is 2. The van der Waals surface area contributed by atoms with Crippen molar-refractivity contribution < 1.29 is 18.0 Å². The molecule has 0 fully saturated rings. The molecule has 1 amide bonds. The zero-order valence-electron chi connectivity index (χ0n) is 14.5. The fraction of sp³-hybridized carbons (Fsp3) is 0.263. The van der Waals surface area contributed by atoms with Gasteiger partial charge in [0.1, 0.15) is 0 Å². The molecular formula is C19H20F3N3O. The van der Waals surface area contributed by atoms with Crippen molar-refractivity contribution in [3.63, 3.8) is 0 Å². The van der Waals surface area contributed by atoms with Crippen molar-refractivity contribution in [2.75, 3.05) is 18.0 Å². The minimum Gasteiger partial charge on any atom is -0.372 e. The van der Waals surface area contributed by atoms with E-state index in [4.69, 9.17) is 0 Å². The molecule has 4 nitrogen and oxygen atoms in total. The number of nitrogens with one attached hydrogen (secondary N) is 1. The lowest BCUT2D eigenvalue weighted by Crippen LogP contribution is -2.22. The van der Waals surface area contributed by atoms with Crippen molar-refractivity contribution in [3.05, 3.63) is 65.2 Å². The van der Waals surface area contributed by atoms with E-state index in [9.17, 15) is 18.0 Å². The van der Waals surface area contributed by atoms with Crippen LogP contribution < -0.4 is 10.3 Å². The van der Waals surface area contributed by atoms with Crippen molar-refractivity contribution in [1.82, 2.24) is 5.43 Å². The number of amides is 1. The standard InChI is InChI=1S/C19H20F3N3O/c1-3-25(4-2)15-11-9-14(10-12-15)13-23-24-18(26)16-7-5-6-8-17(16)19(20,21)22/h5-13H,3-4H2,1-2H3,(H,24,26)/b23-13+. The van der Waals surface area contributed by atoms with Crippen molar-refractivity contribution in [2.24, 2.45) is 5.10 Å². The summed E-state index contributed by atoms with van der Waals surface area (Å²) in [6.07, 6.45) is -3.21. The number of carbonyl (C=O) groups excluding carboxylic acids is 1. The van der Waals surface area contributed by atoms with Crippen molar-refractivity contribution in [2.45, 2.75) is 20.0 Å². The van der Waals surface area contributed by atoms with Gasteiger partial charge < -0.3 is 4.90 Å². The predicted molar refractivity (Wildman–Crippen MR) is 96.5 cm³/mol. The second-order valence-corrected chi connectivity index (χ2v) is 5.51. The van der Waals surface area contributed by atoms with Gasteiger partial charge in [0.2, 0.25) is 0 Å². The lowest BCUT2D eigenvalue weighted by Gasteiger charge is -2.20. The summed E-state index contributed by atoms with van der Waals surface area (Å²) in [5.74, 6) is -0.908. The lowest BCUT2D eigenvalue weighted by molar-refractivity contribution is -0.137. The second-order valence-electron chi connectivity index (χ2n) is 5.51. The van der Waals surface area contributed by atoms with Gasteiger partial charge in [-0.25, -0.2) is 5.43 Å². The third-order valence-electron chi connectivity index (χ3n) is 3.88. The molecule has 0 heterocycles. The summed E-state index contributed by atoms with van der Waals surface area (Å²) in [5, 5.41) is 3.75. The van der Waals surface area contributed by atoms with E-state index in [2.05, 4.69) is 29.3 Å². The minimum absolute atomic E-state index is 0.464. The van der Waals surface area contributed by atoms with Crippen molar-refractivity contribution in [1.29, 1.82) is 0 Å². The van der Waals surface area contributed by atoms with Crippen LogP contribution >= 0.6 is 0 Å². The fourth-order valence-electron chi connectivity index (χ4n) is 2.51. The Balaban J connectivity index is 2.06. The van der Waals surface area contributed by atoms with Gasteiger partial charge in [-0.2, -0.15) is 18.3 Å². The summed E-state index contributed by atoms with van der Waals surface area (Å²) >= 11 is 0. The fourth-order valence-corrected chi connectivity index (χ4v) is 2.51. The quantitative estimate of drug-likeness (QED) is 0.614. The second kappa shape index (κ2) is 8.51. The molecule has 0 spiro atoms. The molecule has 138 valence electrons. The van der Waals surface area contributed by atoms with Gasteiger partial charge in [0.25, 0.3) is 5.91 Å². The molecular weight excluding hydrogens is 343 g/mol. The zero-order chi connectivity index (χ0) is 19.2. The molecule has 0 aliphatic heterocycles. The highest BCUT2D eigenvalue weighted by molar-refractivity contribution is 5.96. The number of halogens is 3. The average Bonchev–Trinajstić information content (AvgIpc) is 2.63. The van der Waals surface area contributed by atoms with Gasteiger partial charge >= 0.3 is 6.18 Å². The molecule has 0 aromatic heterocycles. The molecule has 0 bridgehead atoms. The smallest absolute Gasteiger partial charge is 0.372 e. The summed E-state index contributed by atoms with van der Waals surface area (Å²) in [7, 11) is 0. The van der Waals surface area contributed by atoms with Crippen molar-refractivity contribution >= 4 is 17.8 Å². The normalized spacial score (nSPS) is 11.6. The van der Waals surface area contributed by atoms with E-state index in [-0.39, 0.29) is 0 Å². The lowest BCUT2D eigenvalue weighted by atomic mass is 10.1. The molecule has 0 unspecified atom stereocenters. The summed E-state index contributed by atoms with van der Waals surface area (Å²) in [6.45, 7) is 5.90. The van der Waals surface area contributed by atoms with E-state index in [1.807, 2.05) is 24.3 Å². The third-order valence-corrected chi connectivity index (χ3v) is 3.88. The van der Waals surface area contributed by atoms with Crippen LogP contribution in [-0.2, 0) is 6.18 Å². The Labute approximate surface area is 150 Å². The van der Waals surface area contributed by atoms with Gasteiger partial charge in [-0.05, 0) is 43.7 Å². The highest BCUT2D eigenvalue weighted by Gasteiger charge is 2.34. The van der Waals surface area contributed by atoms with Crippen LogP contribution in [0.1, 0.15) is 35.3 Å². The Morgan fingerprint density at radius 3 is 2.27 bits per heavy atom. The third kappa shape index (κ3) is 4.84. The first-order valence-corrected chi connectivity index (χ1v) is 8.21. The van der Waals surface area contributed by atoms with Gasteiger partial charge in [0.05, 0.1) is 17.3 Å². The first-order chi connectivity index (χ1) is 12.4. The van der Waals surface area contributed by atoms with Crippen molar-refractivity contribution in [3.8, 4) is 0 Å². The number of hydrogen-bond acceptors (Lipinski definition) is 3. The zero-order valence-corrected chi connectivity index (χ0v) is 14.5. The molecule has 26 heavy (non-hydrogen) atoms. The van der Waals surface area contributed by atoms with E-state index < -0.39 is 23.2 Å². The molecule has 2 aromatic carbocycles. The first-order valence-electron chi connectivity index (χ1n) is 8.21. The van der Waals surface area contributed by atoms with Crippen LogP contribution in [0.3, 0.4) is 0 Å². The molecule has 2 rings (SSSR count). The summed E-state index contributed by atoms with van der Waals surface area (Å²) in [4.78, 5) is 14.2. The number of anilines is 1. The SMILES string of the molecule is CCN(CC)c1ccc(/C=N/NC(=O)c2ccccc2C(F)(F)F)cc1. The van der Waals surface area contributed by atoms with Crippen LogP contribution in [0, 0.1) is 0 Å². The Morgan fingerprint density at radius 2 is 1.69 bits per heavy atom. The maximum Gasteiger partial charge on any atom is 0.417 e. The highest BCUT2D eigenvalue weighted by Crippen LogP contribution is 2.31. The van der Waals surface area contributed by atoms with Gasteiger partial charge in [-0.15, -0.1) is 0 Å². The van der Waals surface area contributed by atoms with Crippen LogP contribution in [0.4, 0.5) is 18.9 Å². The first kappa shape index (κ1) is 19.5. The molecule has 0 radical (unpaired) electrons. The largest absolute Gasteiger partial charge is 0.417 e. The van der Waals surface area contributed by atoms with Crippen LogP contribution in [0.25, 0.3) is 0 Å². The van der Waals surface area contributed by atoms with E-state index in [0.717, 1.165) is 36.5 Å². The predicted octanol–water partition coefficient (Wildman–Crippen LogP) is 4.32. The van der Waals surface area contributed by atoms with E-state index in [1.54, 1.807) is 0 Å². The molecule has 0 aliphatic carbocycles. The Bertz CT molecular complexity index is 766. The number of hydrazone groups is 1. The number of rotatable bonds is 6. The number of alkyl halides is 3. The monoisotopic (exact) mass is 363 g/mol. The molecule has 0 aliphatic rings. The topological polar surface area (TPSA) is 44.7 Å². The summed E-state index contributed by atoms with van der Waals surface area (Å²) < 4.78 is 38.8. The van der Waals surface area contributed by atoms with Gasteiger partial charge in [0.15, 0.2) is 0 Å². The molecule has 1 N–H and O–H groups in total. The Kier molecular flexibility index (Phi) is 6.38. The molecule has 0 saturated heterocycles. The van der Waals surface area contributed by atoms with Gasteiger partial charge in [-0.3, -0.25) is 4.79 Å². The summed E-state index contributed by atoms with van der Waals surface area (Å²) in [6, 6.07) is 12.1. The number of carbonyl (C=O) groups is 1. The average molecular weight is 363 g/mol. The van der Waals surface area contributed by atoms with E-state index >= 15 is 0 Å². The molecule has 0 saturated carbocycles. The number of benzene rings is 2. The maximum absolute atomic E-state index is 12.9. The minimum atomic E-state index is -4.60. The van der Waals surface area contributed by atoms with Crippen LogP contribution in [0.2, 0.25) is 0 Å².